The summed E-state index contributed by atoms with van der Waals surface area (Å²) in [7, 11) is 0. The molecule has 0 amide bonds. The van der Waals surface area contributed by atoms with E-state index in [1.807, 2.05) is 24.6 Å². The van der Waals surface area contributed by atoms with Gasteiger partial charge in [-0.05, 0) is 59.8 Å². The molecule has 1 aliphatic carbocycles. The van der Waals surface area contributed by atoms with E-state index in [0.29, 0.717) is 24.8 Å². The molecule has 21 heavy (non-hydrogen) atoms. The maximum Gasteiger partial charge on any atom is 0.126 e. The fourth-order valence-corrected chi connectivity index (χ4v) is 3.64. The molecule has 1 aromatic heterocycles. The Morgan fingerprint density at radius 1 is 1.48 bits per heavy atom. The number of aliphatic hydroxyl groups is 1. The minimum absolute atomic E-state index is 0.220. The Morgan fingerprint density at radius 3 is 2.95 bits per heavy atom. The van der Waals surface area contributed by atoms with Gasteiger partial charge in [0.1, 0.15) is 5.82 Å². The van der Waals surface area contributed by atoms with Crippen molar-refractivity contribution in [2.75, 3.05) is 0 Å². The molecule has 0 bridgehead atoms. The first-order valence-corrected chi connectivity index (χ1v) is 7.97. The van der Waals surface area contributed by atoms with Crippen LogP contribution in [0.1, 0.15) is 35.9 Å². The second kappa shape index (κ2) is 5.21. The van der Waals surface area contributed by atoms with Gasteiger partial charge in [0, 0.05) is 13.0 Å². The summed E-state index contributed by atoms with van der Waals surface area (Å²) in [6, 6.07) is 4.96. The average Bonchev–Trinajstić information content (AvgIpc) is 2.93. The lowest BCUT2D eigenvalue weighted by Crippen LogP contribution is -2.27. The number of aromatic nitrogens is 2. The van der Waals surface area contributed by atoms with Crippen LogP contribution in [0.4, 0.5) is 4.39 Å². The molecule has 0 spiro atoms. The minimum Gasteiger partial charge on any atom is -0.385 e. The first kappa shape index (κ1) is 14.7. The zero-order chi connectivity index (χ0) is 15.2. The van der Waals surface area contributed by atoms with E-state index in [9.17, 15) is 9.50 Å². The zero-order valence-corrected chi connectivity index (χ0v) is 13.7. The standard InChI is InChI=1S/C16H18BrFN2O/c1-3-20-14(15(17)10(2)19-20)9-16(21)8-7-11-12(16)5-4-6-13(11)18/h4-6,21H,3,7-9H2,1-2H3. The second-order valence-electron chi connectivity index (χ2n) is 5.64. The third-order valence-corrected chi connectivity index (χ3v) is 5.35. The first-order valence-electron chi connectivity index (χ1n) is 7.18. The number of nitrogens with zero attached hydrogens (tertiary/aromatic N) is 2. The summed E-state index contributed by atoms with van der Waals surface area (Å²) in [5.41, 5.74) is 2.23. The Balaban J connectivity index is 2.02. The van der Waals surface area contributed by atoms with Gasteiger partial charge in [-0.1, -0.05) is 12.1 Å². The van der Waals surface area contributed by atoms with Gasteiger partial charge in [0.25, 0.3) is 0 Å². The second-order valence-corrected chi connectivity index (χ2v) is 6.43. The van der Waals surface area contributed by atoms with Crippen molar-refractivity contribution >= 4 is 15.9 Å². The highest BCUT2D eigenvalue weighted by Crippen LogP contribution is 2.41. The van der Waals surface area contributed by atoms with Crippen molar-refractivity contribution < 1.29 is 9.50 Å². The molecule has 112 valence electrons. The van der Waals surface area contributed by atoms with Crippen molar-refractivity contribution in [2.24, 2.45) is 0 Å². The third-order valence-electron chi connectivity index (χ3n) is 4.32. The van der Waals surface area contributed by atoms with E-state index in [0.717, 1.165) is 28.0 Å². The molecule has 3 rings (SSSR count). The van der Waals surface area contributed by atoms with Crippen LogP contribution in [0.25, 0.3) is 0 Å². The molecule has 0 saturated carbocycles. The molecular weight excluding hydrogens is 335 g/mol. The van der Waals surface area contributed by atoms with Gasteiger partial charge in [0.05, 0.1) is 21.5 Å². The first-order chi connectivity index (χ1) is 9.96. The highest BCUT2D eigenvalue weighted by Gasteiger charge is 2.39. The van der Waals surface area contributed by atoms with Crippen molar-refractivity contribution in [2.45, 2.75) is 45.3 Å². The number of fused-ring (bicyclic) bond motifs is 1. The lowest BCUT2D eigenvalue weighted by Gasteiger charge is -2.24. The van der Waals surface area contributed by atoms with E-state index in [1.54, 1.807) is 6.07 Å². The molecule has 1 aliphatic rings. The number of halogens is 2. The van der Waals surface area contributed by atoms with Crippen LogP contribution in [-0.4, -0.2) is 14.9 Å². The monoisotopic (exact) mass is 352 g/mol. The molecule has 2 aromatic rings. The lowest BCUT2D eigenvalue weighted by atomic mass is 9.90. The van der Waals surface area contributed by atoms with Gasteiger partial charge in [-0.2, -0.15) is 5.10 Å². The zero-order valence-electron chi connectivity index (χ0n) is 12.2. The van der Waals surface area contributed by atoms with E-state index in [2.05, 4.69) is 21.0 Å². The summed E-state index contributed by atoms with van der Waals surface area (Å²) in [5.74, 6) is -0.220. The molecule has 0 saturated heterocycles. The SMILES string of the molecule is CCn1nc(C)c(Br)c1CC1(O)CCc2c(F)cccc21. The molecule has 1 heterocycles. The molecular formula is C16H18BrFN2O. The van der Waals surface area contributed by atoms with Crippen LogP contribution in [0.5, 0.6) is 0 Å². The Hall–Kier alpha value is -1.20. The summed E-state index contributed by atoms with van der Waals surface area (Å²) in [6.45, 7) is 4.70. The van der Waals surface area contributed by atoms with Crippen molar-refractivity contribution in [1.29, 1.82) is 0 Å². The number of rotatable bonds is 3. The van der Waals surface area contributed by atoms with Crippen LogP contribution in [0.3, 0.4) is 0 Å². The van der Waals surface area contributed by atoms with Crippen molar-refractivity contribution in [3.63, 3.8) is 0 Å². The van der Waals surface area contributed by atoms with Crippen molar-refractivity contribution in [3.8, 4) is 0 Å². The number of hydrogen-bond donors (Lipinski definition) is 1. The topological polar surface area (TPSA) is 38.0 Å². The maximum absolute atomic E-state index is 13.9. The summed E-state index contributed by atoms with van der Waals surface area (Å²) >= 11 is 3.56. The fraction of sp³-hybridized carbons (Fsp3) is 0.438. The normalized spacial score (nSPS) is 20.8. The van der Waals surface area contributed by atoms with E-state index >= 15 is 0 Å². The molecule has 1 N–H and O–H groups in total. The van der Waals surface area contributed by atoms with Crippen LogP contribution in [0.15, 0.2) is 22.7 Å². The van der Waals surface area contributed by atoms with Crippen molar-refractivity contribution in [1.82, 2.24) is 9.78 Å². The molecule has 5 heteroatoms. The van der Waals surface area contributed by atoms with Crippen LogP contribution in [-0.2, 0) is 25.0 Å². The number of aryl methyl sites for hydroxylation is 2. The van der Waals surface area contributed by atoms with Crippen molar-refractivity contribution in [3.05, 3.63) is 51.0 Å². The summed E-state index contributed by atoms with van der Waals surface area (Å²) in [5, 5.41) is 15.5. The van der Waals surface area contributed by atoms with E-state index < -0.39 is 5.60 Å². The van der Waals surface area contributed by atoms with Gasteiger partial charge >= 0.3 is 0 Å². The highest BCUT2D eigenvalue weighted by atomic mass is 79.9. The van der Waals surface area contributed by atoms with E-state index in [-0.39, 0.29) is 5.82 Å². The molecule has 0 aliphatic heterocycles. The van der Waals surface area contributed by atoms with Gasteiger partial charge in [-0.15, -0.1) is 0 Å². The Labute approximate surface area is 131 Å². The lowest BCUT2D eigenvalue weighted by molar-refractivity contribution is 0.0367. The Bertz CT molecular complexity index is 698. The van der Waals surface area contributed by atoms with Gasteiger partial charge in [-0.3, -0.25) is 4.68 Å². The molecule has 0 radical (unpaired) electrons. The smallest absolute Gasteiger partial charge is 0.126 e. The van der Waals surface area contributed by atoms with E-state index in [4.69, 9.17) is 0 Å². The van der Waals surface area contributed by atoms with Gasteiger partial charge in [-0.25, -0.2) is 4.39 Å². The van der Waals surface area contributed by atoms with Gasteiger partial charge in [0.2, 0.25) is 0 Å². The quantitative estimate of drug-likeness (QED) is 0.917. The predicted molar refractivity (Wildman–Crippen MR) is 82.7 cm³/mol. The Morgan fingerprint density at radius 2 is 2.24 bits per heavy atom. The van der Waals surface area contributed by atoms with Crippen LogP contribution < -0.4 is 0 Å². The van der Waals surface area contributed by atoms with Crippen LogP contribution in [0.2, 0.25) is 0 Å². The highest BCUT2D eigenvalue weighted by molar-refractivity contribution is 9.10. The number of hydrogen-bond acceptors (Lipinski definition) is 2. The third kappa shape index (κ3) is 2.32. The Kier molecular flexibility index (Phi) is 3.66. The van der Waals surface area contributed by atoms with Crippen LogP contribution >= 0.6 is 15.9 Å². The predicted octanol–water partition coefficient (Wildman–Crippen LogP) is 3.49. The van der Waals surface area contributed by atoms with Gasteiger partial charge < -0.3 is 5.11 Å². The summed E-state index contributed by atoms with van der Waals surface area (Å²) in [6.07, 6.45) is 1.57. The average molecular weight is 353 g/mol. The largest absolute Gasteiger partial charge is 0.385 e. The number of benzene rings is 1. The molecule has 3 nitrogen and oxygen atoms in total. The van der Waals surface area contributed by atoms with Gasteiger partial charge in [0.15, 0.2) is 0 Å². The molecule has 1 atom stereocenters. The fourth-order valence-electron chi connectivity index (χ4n) is 3.21. The maximum atomic E-state index is 13.9. The molecule has 0 fully saturated rings. The summed E-state index contributed by atoms with van der Waals surface area (Å²) < 4.78 is 16.7. The molecule has 1 unspecified atom stereocenters. The van der Waals surface area contributed by atoms with E-state index in [1.165, 1.54) is 6.07 Å². The van der Waals surface area contributed by atoms with Crippen LogP contribution in [0, 0.1) is 12.7 Å². The minimum atomic E-state index is -1.01. The molecule has 1 aromatic carbocycles. The summed E-state index contributed by atoms with van der Waals surface area (Å²) in [4.78, 5) is 0.